The number of halogens is 2. The van der Waals surface area contributed by atoms with E-state index < -0.39 is 10.1 Å². The van der Waals surface area contributed by atoms with Gasteiger partial charge in [-0.1, -0.05) is 46.1 Å². The van der Waals surface area contributed by atoms with Crippen molar-refractivity contribution < 1.29 is 12.7 Å². The minimum absolute atomic E-state index is 0.0636. The molecule has 0 spiro atoms. The molecule has 0 saturated carbocycles. The fraction of sp³-hybridized carbons (Fsp3) is 0.0667. The third kappa shape index (κ3) is 4.23. The van der Waals surface area contributed by atoms with Crippen LogP contribution in [-0.2, 0) is 14.4 Å². The van der Waals surface area contributed by atoms with Crippen LogP contribution in [0.4, 0.5) is 0 Å². The van der Waals surface area contributed by atoms with Gasteiger partial charge >= 0.3 is 10.1 Å². The van der Waals surface area contributed by atoms with E-state index in [1.807, 2.05) is 6.92 Å². The highest BCUT2D eigenvalue weighted by Gasteiger charge is 2.17. The minimum atomic E-state index is -4.12. The van der Waals surface area contributed by atoms with E-state index in [-0.39, 0.29) is 21.2 Å². The number of nitriles is 1. The number of rotatable bonds is 4. The molecule has 0 saturated heterocycles. The van der Waals surface area contributed by atoms with Gasteiger partial charge in [0.25, 0.3) is 0 Å². The molecule has 0 aliphatic rings. The van der Waals surface area contributed by atoms with Crippen LogP contribution in [-0.4, -0.2) is 14.1 Å². The van der Waals surface area contributed by atoms with Crippen molar-refractivity contribution in [3.8, 4) is 6.07 Å². The maximum atomic E-state index is 12.0. The zero-order chi connectivity index (χ0) is 17.0. The smallest absolute Gasteiger partial charge is 0.263 e. The molecule has 0 aliphatic heterocycles. The molecule has 0 aromatic heterocycles. The summed E-state index contributed by atoms with van der Waals surface area (Å²) in [4.78, 5) is -0.0636. The van der Waals surface area contributed by atoms with Crippen LogP contribution in [0, 0.1) is 18.3 Å². The Morgan fingerprint density at radius 3 is 2.39 bits per heavy atom. The summed E-state index contributed by atoms with van der Waals surface area (Å²) in [6.07, 6.45) is 0. The van der Waals surface area contributed by atoms with Gasteiger partial charge in [-0.15, -0.1) is 0 Å². The molecule has 118 valence electrons. The average molecular weight is 369 g/mol. The Hall–Kier alpha value is -2.07. The molecule has 0 aliphatic carbocycles. The van der Waals surface area contributed by atoms with E-state index in [1.54, 1.807) is 18.2 Å². The zero-order valence-corrected chi connectivity index (χ0v) is 14.2. The summed E-state index contributed by atoms with van der Waals surface area (Å²) in [5.41, 5.74) is 0.845. The predicted octanol–water partition coefficient (Wildman–Crippen LogP) is 3.94. The molecule has 8 heteroatoms. The van der Waals surface area contributed by atoms with Crippen LogP contribution in [0.3, 0.4) is 0 Å². The summed E-state index contributed by atoms with van der Waals surface area (Å²) in [6, 6.07) is 12.2. The molecule has 0 N–H and O–H groups in total. The van der Waals surface area contributed by atoms with Crippen molar-refractivity contribution in [2.75, 3.05) is 0 Å². The Morgan fingerprint density at radius 2 is 1.83 bits per heavy atom. The van der Waals surface area contributed by atoms with E-state index in [0.29, 0.717) is 5.02 Å². The van der Waals surface area contributed by atoms with Crippen LogP contribution < -0.4 is 0 Å². The topological polar surface area (TPSA) is 79.5 Å². The first-order valence-corrected chi connectivity index (χ1v) is 8.44. The van der Waals surface area contributed by atoms with Gasteiger partial charge in [0, 0.05) is 10.6 Å². The summed E-state index contributed by atoms with van der Waals surface area (Å²) in [7, 11) is -4.12. The van der Waals surface area contributed by atoms with Crippen molar-refractivity contribution >= 4 is 39.0 Å². The number of benzene rings is 2. The van der Waals surface area contributed by atoms with Crippen LogP contribution in [0.2, 0.25) is 10.0 Å². The van der Waals surface area contributed by atoms with Gasteiger partial charge in [-0.2, -0.15) is 13.7 Å². The Labute approximate surface area is 143 Å². The van der Waals surface area contributed by atoms with Crippen LogP contribution in [0.5, 0.6) is 0 Å². The first-order chi connectivity index (χ1) is 10.8. The molecule has 2 aromatic carbocycles. The van der Waals surface area contributed by atoms with E-state index >= 15 is 0 Å². The van der Waals surface area contributed by atoms with Crippen molar-refractivity contribution in [3.05, 3.63) is 63.6 Å². The van der Waals surface area contributed by atoms with Crippen LogP contribution >= 0.6 is 23.2 Å². The summed E-state index contributed by atoms with van der Waals surface area (Å²) in [5.74, 6) is 0. The lowest BCUT2D eigenvalue weighted by molar-refractivity contribution is 0.339. The molecule has 0 heterocycles. The molecule has 2 aromatic rings. The molecule has 0 amide bonds. The maximum absolute atomic E-state index is 12.0. The monoisotopic (exact) mass is 368 g/mol. The fourth-order valence-electron chi connectivity index (χ4n) is 1.65. The summed E-state index contributed by atoms with van der Waals surface area (Å²) in [6.45, 7) is 1.83. The third-order valence-electron chi connectivity index (χ3n) is 2.83. The summed E-state index contributed by atoms with van der Waals surface area (Å²) in [5, 5.41) is 13.1. The number of oxime groups is 1. The molecular weight excluding hydrogens is 359 g/mol. The summed E-state index contributed by atoms with van der Waals surface area (Å²) < 4.78 is 28.7. The third-order valence-corrected chi connectivity index (χ3v) is 4.50. The van der Waals surface area contributed by atoms with Crippen molar-refractivity contribution in [2.24, 2.45) is 5.16 Å². The number of hydrogen-bond acceptors (Lipinski definition) is 5. The predicted molar refractivity (Wildman–Crippen MR) is 88.1 cm³/mol. The molecule has 0 unspecified atom stereocenters. The van der Waals surface area contributed by atoms with Crippen LogP contribution in [0.1, 0.15) is 11.1 Å². The normalized spacial score (nSPS) is 11.8. The van der Waals surface area contributed by atoms with Crippen LogP contribution in [0.15, 0.2) is 52.5 Å². The highest BCUT2D eigenvalue weighted by atomic mass is 35.5. The quantitative estimate of drug-likeness (QED) is 0.604. The lowest BCUT2D eigenvalue weighted by atomic mass is 10.1. The van der Waals surface area contributed by atoms with Gasteiger partial charge in [-0.25, -0.2) is 0 Å². The molecule has 0 bridgehead atoms. The van der Waals surface area contributed by atoms with E-state index in [1.165, 1.54) is 30.3 Å². The van der Waals surface area contributed by atoms with Crippen molar-refractivity contribution in [2.45, 2.75) is 11.8 Å². The maximum Gasteiger partial charge on any atom is 0.358 e. The van der Waals surface area contributed by atoms with E-state index in [2.05, 4.69) is 9.44 Å². The second-order valence-electron chi connectivity index (χ2n) is 4.52. The van der Waals surface area contributed by atoms with Gasteiger partial charge in [-0.05, 0) is 37.3 Å². The molecular formula is C15H10Cl2N2O3S. The number of hydrogen-bond donors (Lipinski definition) is 0. The number of nitrogens with zero attached hydrogens (tertiary/aromatic N) is 2. The van der Waals surface area contributed by atoms with Gasteiger partial charge in [-0.3, -0.25) is 4.28 Å². The standard InChI is InChI=1S/C15H10Cl2N2O3S/c1-10-2-5-12(6-3-10)23(20,21)22-19-15(9-18)13-7-4-11(16)8-14(13)17/h2-8H,1H3. The summed E-state index contributed by atoms with van der Waals surface area (Å²) >= 11 is 11.7. The fourth-order valence-corrected chi connectivity index (χ4v) is 2.87. The van der Waals surface area contributed by atoms with Crippen LogP contribution in [0.25, 0.3) is 0 Å². The van der Waals surface area contributed by atoms with Crippen molar-refractivity contribution in [1.82, 2.24) is 0 Å². The van der Waals surface area contributed by atoms with E-state index in [0.717, 1.165) is 5.56 Å². The molecule has 5 nitrogen and oxygen atoms in total. The van der Waals surface area contributed by atoms with Crippen molar-refractivity contribution in [1.29, 1.82) is 5.26 Å². The minimum Gasteiger partial charge on any atom is -0.263 e. The molecule has 0 radical (unpaired) electrons. The molecule has 0 atom stereocenters. The Kier molecular flexibility index (Phi) is 5.26. The van der Waals surface area contributed by atoms with Gasteiger partial charge < -0.3 is 0 Å². The molecule has 23 heavy (non-hydrogen) atoms. The van der Waals surface area contributed by atoms with Gasteiger partial charge in [0.1, 0.15) is 11.0 Å². The van der Waals surface area contributed by atoms with E-state index in [4.69, 9.17) is 28.5 Å². The first-order valence-electron chi connectivity index (χ1n) is 6.27. The average Bonchev–Trinajstić information content (AvgIpc) is 2.50. The van der Waals surface area contributed by atoms with Crippen molar-refractivity contribution in [3.63, 3.8) is 0 Å². The first kappa shape index (κ1) is 17.3. The molecule has 2 rings (SSSR count). The zero-order valence-electron chi connectivity index (χ0n) is 11.8. The van der Waals surface area contributed by atoms with Gasteiger partial charge in [0.05, 0.1) is 5.02 Å². The highest BCUT2D eigenvalue weighted by molar-refractivity contribution is 7.86. The second kappa shape index (κ2) is 7.01. The SMILES string of the molecule is Cc1ccc(S(=O)(=O)ON=C(C#N)c2ccc(Cl)cc2Cl)cc1. The highest BCUT2D eigenvalue weighted by Crippen LogP contribution is 2.22. The largest absolute Gasteiger partial charge is 0.358 e. The van der Waals surface area contributed by atoms with E-state index in [9.17, 15) is 8.42 Å². The Morgan fingerprint density at radius 1 is 1.17 bits per heavy atom. The number of aryl methyl sites for hydroxylation is 1. The Balaban J connectivity index is 2.32. The second-order valence-corrected chi connectivity index (χ2v) is 6.89. The Bertz CT molecular complexity index is 901. The van der Waals surface area contributed by atoms with Gasteiger partial charge in [0.2, 0.25) is 0 Å². The van der Waals surface area contributed by atoms with Gasteiger partial charge in [0.15, 0.2) is 5.71 Å². The molecule has 0 fully saturated rings. The lowest BCUT2D eigenvalue weighted by Gasteiger charge is -2.04. The lowest BCUT2D eigenvalue weighted by Crippen LogP contribution is -2.06.